The number of aromatic nitrogens is 4. The Bertz CT molecular complexity index is 1080. The lowest BCUT2D eigenvalue weighted by molar-refractivity contribution is -0.116. The van der Waals surface area contributed by atoms with E-state index in [0.29, 0.717) is 28.5 Å². The number of aromatic carboxylic acids is 1. The molecule has 0 fully saturated rings. The minimum atomic E-state index is -1.12. The Kier molecular flexibility index (Phi) is 5.97. The van der Waals surface area contributed by atoms with Gasteiger partial charge < -0.3 is 10.4 Å². The molecule has 0 saturated heterocycles. The van der Waals surface area contributed by atoms with Crippen molar-refractivity contribution in [3.05, 3.63) is 63.9 Å². The van der Waals surface area contributed by atoms with E-state index in [4.69, 9.17) is 16.7 Å². The molecule has 29 heavy (non-hydrogen) atoms. The van der Waals surface area contributed by atoms with Crippen LogP contribution in [0.1, 0.15) is 33.9 Å². The van der Waals surface area contributed by atoms with Crippen LogP contribution in [0.4, 0.5) is 10.1 Å². The summed E-state index contributed by atoms with van der Waals surface area (Å²) in [5, 5.41) is 20.3. The summed E-state index contributed by atoms with van der Waals surface area (Å²) in [5.74, 6) is -1.77. The molecule has 2 aromatic heterocycles. The molecular formula is C19H19ClFN5O3. The van der Waals surface area contributed by atoms with Gasteiger partial charge in [0, 0.05) is 24.2 Å². The van der Waals surface area contributed by atoms with Gasteiger partial charge in [-0.2, -0.15) is 10.2 Å². The van der Waals surface area contributed by atoms with Gasteiger partial charge in [0.05, 0.1) is 23.6 Å². The summed E-state index contributed by atoms with van der Waals surface area (Å²) in [6.45, 7) is 4.18. The second-order valence-electron chi connectivity index (χ2n) is 6.51. The number of carbonyl (C=O) groups excluding carboxylic acids is 1. The number of carboxylic acids is 1. The van der Waals surface area contributed by atoms with Gasteiger partial charge in [-0.15, -0.1) is 0 Å². The Labute approximate surface area is 170 Å². The van der Waals surface area contributed by atoms with Gasteiger partial charge in [0.1, 0.15) is 5.82 Å². The van der Waals surface area contributed by atoms with Crippen molar-refractivity contribution in [2.45, 2.75) is 33.4 Å². The summed E-state index contributed by atoms with van der Waals surface area (Å²) in [4.78, 5) is 23.2. The largest absolute Gasteiger partial charge is 0.476 e. The van der Waals surface area contributed by atoms with Gasteiger partial charge in [-0.3, -0.25) is 14.2 Å². The van der Waals surface area contributed by atoms with Crippen molar-refractivity contribution in [3.8, 4) is 0 Å². The Morgan fingerprint density at radius 2 is 2.00 bits per heavy atom. The second kappa shape index (κ2) is 8.44. The van der Waals surface area contributed by atoms with E-state index in [1.807, 2.05) is 6.92 Å². The molecule has 0 aliphatic rings. The fourth-order valence-electron chi connectivity index (χ4n) is 2.86. The van der Waals surface area contributed by atoms with Crippen LogP contribution in [-0.4, -0.2) is 36.5 Å². The van der Waals surface area contributed by atoms with Crippen LogP contribution in [0, 0.1) is 19.7 Å². The van der Waals surface area contributed by atoms with Gasteiger partial charge in [0.2, 0.25) is 5.91 Å². The Balaban J connectivity index is 1.66. The molecule has 1 amide bonds. The molecule has 0 radical (unpaired) electrons. The summed E-state index contributed by atoms with van der Waals surface area (Å²) < 4.78 is 16.3. The summed E-state index contributed by atoms with van der Waals surface area (Å²) in [7, 11) is 0. The zero-order valence-corrected chi connectivity index (χ0v) is 16.6. The van der Waals surface area contributed by atoms with Gasteiger partial charge in [-0.1, -0.05) is 17.7 Å². The summed E-state index contributed by atoms with van der Waals surface area (Å²) in [6.07, 6.45) is 1.63. The van der Waals surface area contributed by atoms with E-state index in [1.165, 1.54) is 29.1 Å². The van der Waals surface area contributed by atoms with Crippen LogP contribution in [0.5, 0.6) is 0 Å². The molecule has 3 aromatic rings. The quantitative estimate of drug-likeness (QED) is 0.612. The smallest absolute Gasteiger partial charge is 0.356 e. The lowest BCUT2D eigenvalue weighted by Gasteiger charge is -2.09. The van der Waals surface area contributed by atoms with E-state index in [1.54, 1.807) is 17.7 Å². The molecule has 0 saturated carbocycles. The fraction of sp³-hybridized carbons (Fsp3) is 0.263. The first-order valence-corrected chi connectivity index (χ1v) is 9.17. The van der Waals surface area contributed by atoms with Gasteiger partial charge >= 0.3 is 5.97 Å². The molecule has 10 heteroatoms. The van der Waals surface area contributed by atoms with Crippen LogP contribution in [0.2, 0.25) is 5.02 Å². The number of halogens is 2. The van der Waals surface area contributed by atoms with E-state index in [-0.39, 0.29) is 24.6 Å². The van der Waals surface area contributed by atoms with E-state index in [9.17, 15) is 14.0 Å². The van der Waals surface area contributed by atoms with Crippen LogP contribution in [0.3, 0.4) is 0 Å². The zero-order chi connectivity index (χ0) is 21.1. The highest BCUT2D eigenvalue weighted by Gasteiger charge is 2.16. The van der Waals surface area contributed by atoms with Crippen molar-refractivity contribution in [3.63, 3.8) is 0 Å². The number of carbonyl (C=O) groups is 2. The molecule has 0 spiro atoms. The number of benzene rings is 1. The third kappa shape index (κ3) is 4.80. The number of amides is 1. The monoisotopic (exact) mass is 419 g/mol. The zero-order valence-electron chi connectivity index (χ0n) is 15.8. The molecule has 2 N–H and O–H groups in total. The first kappa shape index (κ1) is 20.5. The van der Waals surface area contributed by atoms with Crippen LogP contribution in [-0.2, 0) is 17.9 Å². The second-order valence-corrected chi connectivity index (χ2v) is 6.91. The fourth-order valence-corrected chi connectivity index (χ4v) is 3.09. The highest BCUT2D eigenvalue weighted by atomic mass is 35.5. The number of anilines is 1. The van der Waals surface area contributed by atoms with Crippen molar-refractivity contribution >= 4 is 29.2 Å². The number of nitrogens with one attached hydrogen (secondary N) is 1. The molecule has 0 aliphatic heterocycles. The average molecular weight is 420 g/mol. The van der Waals surface area contributed by atoms with E-state index < -0.39 is 11.8 Å². The third-order valence-electron chi connectivity index (χ3n) is 4.41. The molecular weight excluding hydrogens is 401 g/mol. The molecule has 3 rings (SSSR count). The van der Waals surface area contributed by atoms with Gasteiger partial charge in [0.15, 0.2) is 5.69 Å². The summed E-state index contributed by atoms with van der Waals surface area (Å²) >= 11 is 6.09. The Morgan fingerprint density at radius 1 is 1.24 bits per heavy atom. The molecule has 2 heterocycles. The third-order valence-corrected chi connectivity index (χ3v) is 4.76. The number of nitrogens with zero attached hydrogens (tertiary/aromatic N) is 4. The normalized spacial score (nSPS) is 10.9. The number of rotatable bonds is 7. The Hall–Kier alpha value is -3.20. The van der Waals surface area contributed by atoms with Crippen molar-refractivity contribution in [1.29, 1.82) is 0 Å². The highest BCUT2D eigenvalue weighted by Crippen LogP contribution is 2.23. The van der Waals surface area contributed by atoms with Gasteiger partial charge in [-0.05, 0) is 37.6 Å². The SMILES string of the molecule is Cc1nn(Cc2ccc(F)cc2Cl)c(C)c1NC(=O)CCn1ccc(C(=O)O)n1. The standard InChI is InChI=1S/C19H19ClFN5O3/c1-11-18(22-17(27)6-8-25-7-5-16(24-25)19(28)29)12(2)26(23-11)10-13-3-4-14(21)9-15(13)20/h3-5,7,9H,6,8,10H2,1-2H3,(H,22,27)(H,28,29). The molecule has 0 unspecified atom stereocenters. The number of carboxylic acid groups (broad SMARTS) is 1. The minimum absolute atomic E-state index is 0.0715. The molecule has 8 nitrogen and oxygen atoms in total. The predicted molar refractivity (Wildman–Crippen MR) is 105 cm³/mol. The minimum Gasteiger partial charge on any atom is -0.476 e. The summed E-state index contributed by atoms with van der Waals surface area (Å²) in [5.41, 5.74) is 2.62. The first-order chi connectivity index (χ1) is 13.7. The van der Waals surface area contributed by atoms with Gasteiger partial charge in [0.25, 0.3) is 0 Å². The van der Waals surface area contributed by atoms with Crippen LogP contribution < -0.4 is 5.32 Å². The van der Waals surface area contributed by atoms with E-state index >= 15 is 0 Å². The number of aryl methyl sites for hydroxylation is 2. The van der Waals surface area contributed by atoms with Crippen LogP contribution >= 0.6 is 11.6 Å². The topological polar surface area (TPSA) is 102 Å². The molecule has 152 valence electrons. The lowest BCUT2D eigenvalue weighted by Crippen LogP contribution is -2.16. The predicted octanol–water partition coefficient (Wildman–Crippen LogP) is 3.26. The Morgan fingerprint density at radius 3 is 2.66 bits per heavy atom. The van der Waals surface area contributed by atoms with Crippen LogP contribution in [0.15, 0.2) is 30.5 Å². The van der Waals surface area contributed by atoms with Crippen molar-refractivity contribution in [2.24, 2.45) is 0 Å². The van der Waals surface area contributed by atoms with Crippen molar-refractivity contribution < 1.29 is 19.1 Å². The van der Waals surface area contributed by atoms with E-state index in [0.717, 1.165) is 5.69 Å². The number of hydrogen-bond acceptors (Lipinski definition) is 4. The number of hydrogen-bond donors (Lipinski definition) is 2. The first-order valence-electron chi connectivity index (χ1n) is 8.79. The average Bonchev–Trinajstić information content (AvgIpc) is 3.23. The van der Waals surface area contributed by atoms with Gasteiger partial charge in [-0.25, -0.2) is 9.18 Å². The van der Waals surface area contributed by atoms with E-state index in [2.05, 4.69) is 15.5 Å². The molecule has 1 aromatic carbocycles. The van der Waals surface area contributed by atoms with Crippen LogP contribution in [0.25, 0.3) is 0 Å². The molecule has 0 aliphatic carbocycles. The maximum atomic E-state index is 13.2. The highest BCUT2D eigenvalue weighted by molar-refractivity contribution is 6.31. The van der Waals surface area contributed by atoms with Crippen molar-refractivity contribution in [2.75, 3.05) is 5.32 Å². The molecule has 0 atom stereocenters. The van der Waals surface area contributed by atoms with Crippen molar-refractivity contribution in [1.82, 2.24) is 19.6 Å². The maximum absolute atomic E-state index is 13.2. The maximum Gasteiger partial charge on any atom is 0.356 e. The lowest BCUT2D eigenvalue weighted by atomic mass is 10.2. The molecule has 0 bridgehead atoms. The summed E-state index contributed by atoms with van der Waals surface area (Å²) in [6, 6.07) is 5.55.